The standard InChI is InChI=1S/C22H36O/c1-3-4-5-6-7-8-9-10-11-12-13-14-15-17-21-18-16-19-22(20-21)23-2/h6-7,16,18-20H,3-5,8-15,17H2,1-2H3/b7-6-. The fraction of sp³-hybridized carbons (Fsp3) is 0.636. The van der Waals surface area contributed by atoms with Crippen LogP contribution >= 0.6 is 0 Å². The first-order chi connectivity index (χ1) is 11.4. The molecule has 0 aliphatic rings. The molecule has 0 saturated carbocycles. The van der Waals surface area contributed by atoms with E-state index in [2.05, 4.69) is 37.3 Å². The summed E-state index contributed by atoms with van der Waals surface area (Å²) in [4.78, 5) is 0. The van der Waals surface area contributed by atoms with Gasteiger partial charge in [0.1, 0.15) is 5.75 Å². The topological polar surface area (TPSA) is 9.23 Å². The van der Waals surface area contributed by atoms with Gasteiger partial charge in [0.15, 0.2) is 0 Å². The molecule has 1 heteroatoms. The molecule has 0 aliphatic carbocycles. The second kappa shape index (κ2) is 14.4. The van der Waals surface area contributed by atoms with E-state index in [4.69, 9.17) is 4.74 Å². The number of rotatable bonds is 14. The van der Waals surface area contributed by atoms with Crippen molar-refractivity contribution >= 4 is 0 Å². The number of benzene rings is 1. The van der Waals surface area contributed by atoms with Crippen molar-refractivity contribution in [3.8, 4) is 5.75 Å². The smallest absolute Gasteiger partial charge is 0.119 e. The lowest BCUT2D eigenvalue weighted by Crippen LogP contribution is -1.88. The molecule has 1 aromatic rings. The number of hydrogen-bond donors (Lipinski definition) is 0. The first-order valence-electron chi connectivity index (χ1n) is 9.64. The fourth-order valence-electron chi connectivity index (χ4n) is 2.86. The van der Waals surface area contributed by atoms with Crippen LogP contribution in [0.2, 0.25) is 0 Å². The molecule has 0 radical (unpaired) electrons. The first-order valence-corrected chi connectivity index (χ1v) is 9.64. The summed E-state index contributed by atoms with van der Waals surface area (Å²) in [7, 11) is 1.74. The Morgan fingerprint density at radius 3 is 2.17 bits per heavy atom. The molecule has 0 fully saturated rings. The molecule has 0 heterocycles. The summed E-state index contributed by atoms with van der Waals surface area (Å²) in [5.74, 6) is 0.978. The molecule has 0 atom stereocenters. The Morgan fingerprint density at radius 2 is 1.48 bits per heavy atom. The van der Waals surface area contributed by atoms with Gasteiger partial charge in [-0.2, -0.15) is 0 Å². The average molecular weight is 317 g/mol. The van der Waals surface area contributed by atoms with Crippen molar-refractivity contribution < 1.29 is 4.74 Å². The summed E-state index contributed by atoms with van der Waals surface area (Å²) < 4.78 is 5.27. The van der Waals surface area contributed by atoms with E-state index >= 15 is 0 Å². The Labute approximate surface area is 144 Å². The SMILES string of the molecule is CCCC/C=C\CCCCCCCCCc1cccc(OC)c1. The third kappa shape index (κ3) is 11.0. The van der Waals surface area contributed by atoms with Crippen molar-refractivity contribution in [2.75, 3.05) is 7.11 Å². The van der Waals surface area contributed by atoms with Crippen LogP contribution in [0, 0.1) is 0 Å². The maximum atomic E-state index is 5.27. The van der Waals surface area contributed by atoms with Crippen molar-refractivity contribution in [2.45, 2.75) is 84.0 Å². The van der Waals surface area contributed by atoms with Crippen LogP contribution in [-0.2, 0) is 6.42 Å². The molecule has 23 heavy (non-hydrogen) atoms. The molecule has 1 rings (SSSR count). The zero-order valence-electron chi connectivity index (χ0n) is 15.4. The largest absolute Gasteiger partial charge is 0.497 e. The van der Waals surface area contributed by atoms with Gasteiger partial charge in [0.25, 0.3) is 0 Å². The van der Waals surface area contributed by atoms with Crippen LogP contribution in [0.15, 0.2) is 36.4 Å². The van der Waals surface area contributed by atoms with Crippen LogP contribution in [0.3, 0.4) is 0 Å². The molecule has 0 N–H and O–H groups in total. The molecule has 0 saturated heterocycles. The lowest BCUT2D eigenvalue weighted by atomic mass is 10.0. The zero-order valence-corrected chi connectivity index (χ0v) is 15.4. The number of allylic oxidation sites excluding steroid dienone is 2. The lowest BCUT2D eigenvalue weighted by Gasteiger charge is -2.05. The van der Waals surface area contributed by atoms with E-state index in [1.807, 2.05) is 6.07 Å². The fourth-order valence-corrected chi connectivity index (χ4v) is 2.86. The quantitative estimate of drug-likeness (QED) is 0.262. The van der Waals surface area contributed by atoms with Crippen LogP contribution in [0.1, 0.15) is 83.1 Å². The van der Waals surface area contributed by atoms with Gasteiger partial charge in [-0.25, -0.2) is 0 Å². The maximum absolute atomic E-state index is 5.27. The molecule has 1 nitrogen and oxygen atoms in total. The van der Waals surface area contributed by atoms with Gasteiger partial charge in [-0.1, -0.05) is 76.2 Å². The predicted molar refractivity (Wildman–Crippen MR) is 102 cm³/mol. The molecule has 0 amide bonds. The van der Waals surface area contributed by atoms with E-state index < -0.39 is 0 Å². The van der Waals surface area contributed by atoms with E-state index in [9.17, 15) is 0 Å². The molecule has 130 valence electrons. The molecule has 0 aliphatic heterocycles. The van der Waals surface area contributed by atoms with Crippen molar-refractivity contribution in [1.82, 2.24) is 0 Å². The molecular formula is C22H36O. The van der Waals surface area contributed by atoms with Crippen molar-refractivity contribution in [2.24, 2.45) is 0 Å². The van der Waals surface area contributed by atoms with Gasteiger partial charge >= 0.3 is 0 Å². The lowest BCUT2D eigenvalue weighted by molar-refractivity contribution is 0.414. The van der Waals surface area contributed by atoms with E-state index in [-0.39, 0.29) is 0 Å². The Morgan fingerprint density at radius 1 is 0.826 bits per heavy atom. The normalized spacial score (nSPS) is 11.2. The second-order valence-electron chi connectivity index (χ2n) is 6.48. The highest BCUT2D eigenvalue weighted by atomic mass is 16.5. The van der Waals surface area contributed by atoms with E-state index in [1.54, 1.807) is 7.11 Å². The van der Waals surface area contributed by atoms with Gasteiger partial charge in [-0.05, 0) is 49.8 Å². The van der Waals surface area contributed by atoms with E-state index in [0.717, 1.165) is 5.75 Å². The van der Waals surface area contributed by atoms with E-state index in [1.165, 1.54) is 82.6 Å². The van der Waals surface area contributed by atoms with Crippen LogP contribution in [-0.4, -0.2) is 7.11 Å². The van der Waals surface area contributed by atoms with Crippen LogP contribution in [0.4, 0.5) is 0 Å². The third-order valence-electron chi connectivity index (χ3n) is 4.36. The summed E-state index contributed by atoms with van der Waals surface area (Å²) in [6.07, 6.45) is 20.7. The minimum absolute atomic E-state index is 0.978. The van der Waals surface area contributed by atoms with Gasteiger partial charge in [0.2, 0.25) is 0 Å². The Kier molecular flexibility index (Phi) is 12.4. The van der Waals surface area contributed by atoms with Crippen molar-refractivity contribution in [3.63, 3.8) is 0 Å². The van der Waals surface area contributed by atoms with E-state index in [0.29, 0.717) is 0 Å². The molecule has 0 spiro atoms. The molecule has 1 aromatic carbocycles. The van der Waals surface area contributed by atoms with Crippen LogP contribution in [0.25, 0.3) is 0 Å². The number of aryl methyl sites for hydroxylation is 1. The summed E-state index contributed by atoms with van der Waals surface area (Å²) in [5, 5.41) is 0. The third-order valence-corrected chi connectivity index (χ3v) is 4.36. The van der Waals surface area contributed by atoms with Gasteiger partial charge in [-0.3, -0.25) is 0 Å². The van der Waals surface area contributed by atoms with Gasteiger partial charge in [-0.15, -0.1) is 0 Å². The summed E-state index contributed by atoms with van der Waals surface area (Å²) in [6, 6.07) is 8.47. The van der Waals surface area contributed by atoms with Crippen LogP contribution in [0.5, 0.6) is 5.75 Å². The molecular weight excluding hydrogens is 280 g/mol. The minimum atomic E-state index is 0.978. The summed E-state index contributed by atoms with van der Waals surface area (Å²) >= 11 is 0. The summed E-state index contributed by atoms with van der Waals surface area (Å²) in [6.45, 7) is 2.25. The Balaban J connectivity index is 1.89. The number of methoxy groups -OCH3 is 1. The maximum Gasteiger partial charge on any atom is 0.119 e. The molecule has 0 unspecified atom stereocenters. The van der Waals surface area contributed by atoms with Gasteiger partial charge in [0, 0.05) is 0 Å². The second-order valence-corrected chi connectivity index (χ2v) is 6.48. The number of ether oxygens (including phenoxy) is 1. The zero-order chi connectivity index (χ0) is 16.6. The first kappa shape index (κ1) is 19.8. The average Bonchev–Trinajstić information content (AvgIpc) is 2.59. The Bertz CT molecular complexity index is 408. The predicted octanol–water partition coefficient (Wildman–Crippen LogP) is 7.10. The highest BCUT2D eigenvalue weighted by Gasteiger charge is 1.97. The molecule has 0 bridgehead atoms. The van der Waals surface area contributed by atoms with Crippen molar-refractivity contribution in [1.29, 1.82) is 0 Å². The van der Waals surface area contributed by atoms with Gasteiger partial charge in [0.05, 0.1) is 7.11 Å². The Hall–Kier alpha value is -1.24. The van der Waals surface area contributed by atoms with Crippen LogP contribution < -0.4 is 4.74 Å². The monoisotopic (exact) mass is 316 g/mol. The molecule has 0 aromatic heterocycles. The summed E-state index contributed by atoms with van der Waals surface area (Å²) in [5.41, 5.74) is 1.40. The van der Waals surface area contributed by atoms with Gasteiger partial charge < -0.3 is 4.74 Å². The minimum Gasteiger partial charge on any atom is -0.497 e. The number of unbranched alkanes of at least 4 members (excludes halogenated alkanes) is 9. The van der Waals surface area contributed by atoms with Crippen molar-refractivity contribution in [3.05, 3.63) is 42.0 Å². The number of hydrogen-bond acceptors (Lipinski definition) is 1. The highest BCUT2D eigenvalue weighted by molar-refractivity contribution is 5.28. The highest BCUT2D eigenvalue weighted by Crippen LogP contribution is 2.16.